The SMILES string of the molecule is C[C@@H](C(=O)N[C@H]1CCS[C@H]2CC[C@H](C(=O)N[C@@H]3CCCc4ccccc43)N2C1=O)N(C)C(=O)OC(C)(C)C. The van der Waals surface area contributed by atoms with Crippen LogP contribution in [0.25, 0.3) is 0 Å². The van der Waals surface area contributed by atoms with Crippen LogP contribution in [0.1, 0.15) is 77.0 Å². The molecule has 0 aromatic heterocycles. The van der Waals surface area contributed by atoms with Gasteiger partial charge in [-0.15, -0.1) is 11.8 Å². The number of aryl methyl sites for hydroxylation is 1. The number of carbonyl (C=O) groups is 4. The molecule has 38 heavy (non-hydrogen) atoms. The fraction of sp³-hybridized carbons (Fsp3) is 0.643. The van der Waals surface area contributed by atoms with Crippen molar-refractivity contribution in [2.24, 2.45) is 0 Å². The van der Waals surface area contributed by atoms with Crippen LogP contribution in [0.4, 0.5) is 4.79 Å². The van der Waals surface area contributed by atoms with Gasteiger partial charge in [0.25, 0.3) is 0 Å². The molecular weight excluding hydrogens is 504 g/mol. The van der Waals surface area contributed by atoms with Crippen LogP contribution < -0.4 is 10.6 Å². The minimum Gasteiger partial charge on any atom is -0.444 e. The Kier molecular flexibility index (Phi) is 8.59. The molecule has 9 nitrogen and oxygen atoms in total. The lowest BCUT2D eigenvalue weighted by Gasteiger charge is -2.33. The summed E-state index contributed by atoms with van der Waals surface area (Å²) in [7, 11) is 1.50. The monoisotopic (exact) mass is 544 g/mol. The summed E-state index contributed by atoms with van der Waals surface area (Å²) in [6, 6.07) is 6.02. The lowest BCUT2D eigenvalue weighted by molar-refractivity contribution is -0.142. The van der Waals surface area contributed by atoms with E-state index in [4.69, 9.17) is 4.74 Å². The van der Waals surface area contributed by atoms with Crippen molar-refractivity contribution in [3.05, 3.63) is 35.4 Å². The van der Waals surface area contributed by atoms with Crippen LogP contribution in [-0.4, -0.2) is 75.5 Å². The smallest absolute Gasteiger partial charge is 0.410 e. The van der Waals surface area contributed by atoms with Crippen LogP contribution in [-0.2, 0) is 25.5 Å². The highest BCUT2D eigenvalue weighted by Crippen LogP contribution is 2.37. The number of nitrogens with one attached hydrogen (secondary N) is 2. The molecule has 0 bridgehead atoms. The average molecular weight is 545 g/mol. The van der Waals surface area contributed by atoms with Gasteiger partial charge in [0.2, 0.25) is 17.7 Å². The summed E-state index contributed by atoms with van der Waals surface area (Å²) < 4.78 is 5.37. The molecule has 4 rings (SSSR count). The molecule has 4 amide bonds. The van der Waals surface area contributed by atoms with Gasteiger partial charge in [-0.2, -0.15) is 0 Å². The largest absolute Gasteiger partial charge is 0.444 e. The molecule has 0 spiro atoms. The zero-order valence-corrected chi connectivity index (χ0v) is 23.8. The van der Waals surface area contributed by atoms with Crippen LogP contribution in [0.15, 0.2) is 24.3 Å². The first-order valence-corrected chi connectivity index (χ1v) is 14.6. The van der Waals surface area contributed by atoms with Crippen molar-refractivity contribution in [3.63, 3.8) is 0 Å². The van der Waals surface area contributed by atoms with E-state index in [0.29, 0.717) is 18.6 Å². The Bertz CT molecular complexity index is 1070. The summed E-state index contributed by atoms with van der Waals surface area (Å²) in [5, 5.41) is 5.99. The topological polar surface area (TPSA) is 108 Å². The molecule has 1 aliphatic carbocycles. The maximum absolute atomic E-state index is 13.7. The van der Waals surface area contributed by atoms with Crippen molar-refractivity contribution < 1.29 is 23.9 Å². The van der Waals surface area contributed by atoms with Gasteiger partial charge < -0.3 is 20.3 Å². The maximum Gasteiger partial charge on any atom is 0.410 e. The highest BCUT2D eigenvalue weighted by Gasteiger charge is 2.46. The highest BCUT2D eigenvalue weighted by atomic mass is 32.2. The van der Waals surface area contributed by atoms with Gasteiger partial charge in [-0.25, -0.2) is 4.79 Å². The Balaban J connectivity index is 1.42. The van der Waals surface area contributed by atoms with E-state index in [1.54, 1.807) is 44.4 Å². The van der Waals surface area contributed by atoms with Gasteiger partial charge in [0.15, 0.2) is 0 Å². The van der Waals surface area contributed by atoms with Crippen molar-refractivity contribution >= 4 is 35.6 Å². The minimum absolute atomic E-state index is 0.0547. The van der Waals surface area contributed by atoms with Crippen molar-refractivity contribution in [1.82, 2.24) is 20.4 Å². The van der Waals surface area contributed by atoms with Crippen LogP contribution in [0.2, 0.25) is 0 Å². The summed E-state index contributed by atoms with van der Waals surface area (Å²) in [6.07, 6.45) is 4.11. The number of nitrogens with zero attached hydrogens (tertiary/aromatic N) is 2. The maximum atomic E-state index is 13.7. The molecule has 10 heteroatoms. The molecule has 2 heterocycles. The van der Waals surface area contributed by atoms with Crippen LogP contribution in [0.3, 0.4) is 0 Å². The molecule has 2 aliphatic heterocycles. The molecule has 1 aromatic carbocycles. The second-order valence-corrected chi connectivity index (χ2v) is 12.7. The third-order valence-electron chi connectivity index (χ3n) is 7.55. The number of benzene rings is 1. The summed E-state index contributed by atoms with van der Waals surface area (Å²) >= 11 is 1.66. The van der Waals surface area contributed by atoms with E-state index in [9.17, 15) is 19.2 Å². The van der Waals surface area contributed by atoms with Crippen LogP contribution in [0, 0.1) is 0 Å². The van der Waals surface area contributed by atoms with E-state index < -0.39 is 35.7 Å². The third kappa shape index (κ3) is 6.27. The fourth-order valence-electron chi connectivity index (χ4n) is 5.39. The zero-order valence-electron chi connectivity index (χ0n) is 23.0. The van der Waals surface area contributed by atoms with Gasteiger partial charge in [-0.05, 0) is 83.1 Å². The van der Waals surface area contributed by atoms with Crippen molar-refractivity contribution in [3.8, 4) is 0 Å². The number of thioether (sulfide) groups is 1. The standard InChI is InChI=1S/C28H40N4O5S/c1-17(31(5)27(36)37-28(2,3)4)24(33)30-21-15-16-38-23-14-13-22(32(23)26(21)35)25(34)29-20-12-8-10-18-9-6-7-11-19(18)20/h6-7,9,11,17,20-23H,8,10,12-16H2,1-5H3,(H,29,34)(H,30,33)/t17-,20+,21-,22+,23-/m0/s1. The molecule has 2 N–H and O–H groups in total. The Hall–Kier alpha value is -2.75. The first kappa shape index (κ1) is 28.3. The molecule has 2 fully saturated rings. The highest BCUT2D eigenvalue weighted by molar-refractivity contribution is 7.99. The Morgan fingerprint density at radius 1 is 1.08 bits per heavy atom. The molecule has 0 unspecified atom stereocenters. The number of carbonyl (C=O) groups excluding carboxylic acids is 4. The average Bonchev–Trinajstić information content (AvgIpc) is 3.23. The minimum atomic E-state index is -0.826. The van der Waals surface area contributed by atoms with Crippen molar-refractivity contribution in [1.29, 1.82) is 0 Å². The van der Waals surface area contributed by atoms with Crippen molar-refractivity contribution in [2.75, 3.05) is 12.8 Å². The quantitative estimate of drug-likeness (QED) is 0.589. The van der Waals surface area contributed by atoms with E-state index in [1.807, 2.05) is 12.1 Å². The number of rotatable bonds is 5. The van der Waals surface area contributed by atoms with E-state index >= 15 is 0 Å². The summed E-state index contributed by atoms with van der Waals surface area (Å²) in [5.74, 6) is -0.104. The fourth-order valence-corrected chi connectivity index (χ4v) is 6.75. The molecule has 2 saturated heterocycles. The first-order valence-electron chi connectivity index (χ1n) is 13.5. The van der Waals surface area contributed by atoms with Gasteiger partial charge >= 0.3 is 6.09 Å². The summed E-state index contributed by atoms with van der Waals surface area (Å²) in [5.41, 5.74) is 1.74. The van der Waals surface area contributed by atoms with E-state index in [2.05, 4.69) is 22.8 Å². The number of ether oxygens (including phenoxy) is 1. The second-order valence-electron chi connectivity index (χ2n) is 11.4. The Morgan fingerprint density at radius 3 is 2.55 bits per heavy atom. The number of amides is 4. The van der Waals surface area contributed by atoms with E-state index in [1.165, 1.54) is 17.5 Å². The van der Waals surface area contributed by atoms with Gasteiger partial charge in [0.1, 0.15) is 23.7 Å². The predicted molar refractivity (Wildman–Crippen MR) is 146 cm³/mol. The molecule has 1 aromatic rings. The first-order chi connectivity index (χ1) is 18.0. The molecule has 208 valence electrons. The predicted octanol–water partition coefficient (Wildman–Crippen LogP) is 3.37. The van der Waals surface area contributed by atoms with Gasteiger partial charge in [0, 0.05) is 7.05 Å². The Labute approximate surface area is 229 Å². The van der Waals surface area contributed by atoms with E-state index in [0.717, 1.165) is 31.2 Å². The van der Waals surface area contributed by atoms with Gasteiger partial charge in [-0.1, -0.05) is 24.3 Å². The van der Waals surface area contributed by atoms with E-state index in [-0.39, 0.29) is 23.2 Å². The van der Waals surface area contributed by atoms with Crippen LogP contribution >= 0.6 is 11.8 Å². The zero-order chi connectivity index (χ0) is 27.6. The molecule has 3 aliphatic rings. The number of fused-ring (bicyclic) bond motifs is 2. The molecular formula is C28H40N4O5S. The second kappa shape index (κ2) is 11.6. The van der Waals surface area contributed by atoms with Crippen molar-refractivity contribution in [2.45, 2.75) is 101 Å². The number of hydrogen-bond donors (Lipinski definition) is 2. The van der Waals surface area contributed by atoms with Gasteiger partial charge in [0.05, 0.1) is 11.4 Å². The Morgan fingerprint density at radius 2 is 1.82 bits per heavy atom. The lowest BCUT2D eigenvalue weighted by Crippen LogP contribution is -2.57. The van der Waals surface area contributed by atoms with Crippen LogP contribution in [0.5, 0.6) is 0 Å². The number of likely N-dealkylation sites (N-methyl/N-ethyl adjacent to an activating group) is 1. The number of hydrogen-bond acceptors (Lipinski definition) is 6. The molecule has 5 atom stereocenters. The summed E-state index contributed by atoms with van der Waals surface area (Å²) in [4.78, 5) is 55.6. The summed E-state index contributed by atoms with van der Waals surface area (Å²) in [6.45, 7) is 6.89. The normalized spacial score (nSPS) is 25.9. The molecule has 0 radical (unpaired) electrons. The molecule has 0 saturated carbocycles. The third-order valence-corrected chi connectivity index (χ3v) is 8.87. The van der Waals surface area contributed by atoms with Gasteiger partial charge in [-0.3, -0.25) is 19.3 Å². The lowest BCUT2D eigenvalue weighted by atomic mass is 9.87.